The van der Waals surface area contributed by atoms with Crippen LogP contribution in [0.3, 0.4) is 0 Å². The predicted octanol–water partition coefficient (Wildman–Crippen LogP) is 7.21. The number of carbonyl (C=O) groups is 3. The van der Waals surface area contributed by atoms with Gasteiger partial charge < -0.3 is 24.4 Å². The van der Waals surface area contributed by atoms with E-state index in [4.69, 9.17) is 14.2 Å². The van der Waals surface area contributed by atoms with Crippen LogP contribution >= 0.6 is 0 Å². The molecule has 5 aliphatic rings. The van der Waals surface area contributed by atoms with Crippen molar-refractivity contribution in [2.45, 2.75) is 155 Å². The Morgan fingerprint density at radius 2 is 1.76 bits per heavy atom. The van der Waals surface area contributed by atoms with Crippen molar-refractivity contribution in [2.24, 2.45) is 40.9 Å². The van der Waals surface area contributed by atoms with Crippen LogP contribution in [0.4, 0.5) is 0 Å². The number of carbonyl (C=O) groups excluding carboxylic acids is 3. The van der Waals surface area contributed by atoms with Crippen LogP contribution in [0.2, 0.25) is 0 Å². The number of fused-ring (bicyclic) bond motifs is 6. The van der Waals surface area contributed by atoms with Crippen LogP contribution in [-0.2, 0) is 28.6 Å². The van der Waals surface area contributed by atoms with Gasteiger partial charge in [-0.05, 0) is 96.1 Å². The van der Waals surface area contributed by atoms with Gasteiger partial charge in [-0.25, -0.2) is 0 Å². The molecule has 0 aromatic rings. The predicted molar refractivity (Wildman–Crippen MR) is 188 cm³/mol. The highest BCUT2D eigenvalue weighted by Gasteiger charge is 2.67. The SMILES string of the molecule is COC(=O)[C@]12CC(=O)[C@H](C(C)C)CC(=O)[C@H](C)CCC[C@H](C)/C=C3/O[C@](C)(C[C@H]31)/C1=C\C[C@@](C)(O)[C@@H]3CC[C@@](C)(O3)[C@@H](O)CC/C(C)=C/[C@@H]12. The summed E-state index contributed by atoms with van der Waals surface area (Å²) in [6.45, 7) is 15.9. The maximum absolute atomic E-state index is 14.7. The van der Waals surface area contributed by atoms with Gasteiger partial charge in [0.25, 0.3) is 0 Å². The molecule has 0 radical (unpaired) electrons. The second-order valence-electron chi connectivity index (χ2n) is 17.4. The molecule has 8 nitrogen and oxygen atoms in total. The highest BCUT2D eigenvalue weighted by atomic mass is 16.5. The molecule has 11 atom stereocenters. The van der Waals surface area contributed by atoms with E-state index in [0.717, 1.165) is 36.2 Å². The molecule has 3 aliphatic heterocycles. The first kappa shape index (κ1) is 38.0. The van der Waals surface area contributed by atoms with Gasteiger partial charge in [-0.3, -0.25) is 14.4 Å². The van der Waals surface area contributed by atoms with Crippen LogP contribution in [0.5, 0.6) is 0 Å². The number of rotatable bonds is 2. The summed E-state index contributed by atoms with van der Waals surface area (Å²) in [7, 11) is 1.39. The topological polar surface area (TPSA) is 119 Å². The Morgan fingerprint density at radius 3 is 2.43 bits per heavy atom. The number of ketones is 2. The molecule has 8 heteroatoms. The van der Waals surface area contributed by atoms with Gasteiger partial charge >= 0.3 is 5.97 Å². The normalized spacial score (nSPS) is 47.0. The van der Waals surface area contributed by atoms with Crippen LogP contribution in [0.25, 0.3) is 0 Å². The zero-order valence-electron chi connectivity index (χ0n) is 31.5. The summed E-state index contributed by atoms with van der Waals surface area (Å²) in [5.41, 5.74) is -2.29. The monoisotopic (exact) mass is 682 g/mol. The van der Waals surface area contributed by atoms with Crippen molar-refractivity contribution < 1.29 is 38.8 Å². The number of ether oxygens (including phenoxy) is 3. The zero-order valence-corrected chi connectivity index (χ0v) is 31.5. The number of Topliss-reactive ketones (excluding diaryl/α,β-unsaturated/α-hetero) is 2. The smallest absolute Gasteiger partial charge is 0.313 e. The summed E-state index contributed by atoms with van der Waals surface area (Å²) in [4.78, 5) is 42.9. The van der Waals surface area contributed by atoms with Crippen molar-refractivity contribution >= 4 is 17.5 Å². The Morgan fingerprint density at radius 1 is 1.04 bits per heavy atom. The van der Waals surface area contributed by atoms with Crippen molar-refractivity contribution in [2.75, 3.05) is 7.11 Å². The van der Waals surface area contributed by atoms with E-state index in [1.54, 1.807) is 6.92 Å². The van der Waals surface area contributed by atoms with Gasteiger partial charge in [0.2, 0.25) is 0 Å². The lowest BCUT2D eigenvalue weighted by atomic mass is 9.52. The van der Waals surface area contributed by atoms with E-state index >= 15 is 0 Å². The van der Waals surface area contributed by atoms with Gasteiger partial charge in [0.1, 0.15) is 17.2 Å². The number of allylic oxidation sites excluding steroid dienone is 4. The van der Waals surface area contributed by atoms with Crippen LogP contribution in [-0.4, -0.2) is 63.9 Å². The fraction of sp³-hybridized carbons (Fsp3) is 0.780. The first-order valence-electron chi connectivity index (χ1n) is 18.9. The fourth-order valence-electron chi connectivity index (χ4n) is 9.65. The van der Waals surface area contributed by atoms with Crippen molar-refractivity contribution in [1.29, 1.82) is 0 Å². The minimum atomic E-state index is -1.33. The van der Waals surface area contributed by atoms with Gasteiger partial charge in [0.15, 0.2) is 0 Å². The Kier molecular flexibility index (Phi) is 10.9. The van der Waals surface area contributed by atoms with Crippen LogP contribution in [0, 0.1) is 40.9 Å². The molecule has 0 spiro atoms. The lowest BCUT2D eigenvalue weighted by Crippen LogP contribution is -2.54. The van der Waals surface area contributed by atoms with E-state index in [1.165, 1.54) is 7.11 Å². The maximum Gasteiger partial charge on any atom is 0.313 e. The summed E-state index contributed by atoms with van der Waals surface area (Å²) in [5.74, 6) is -1.36. The molecule has 4 bridgehead atoms. The van der Waals surface area contributed by atoms with E-state index in [9.17, 15) is 24.6 Å². The Labute approximate surface area is 294 Å². The average Bonchev–Trinajstić information content (AvgIpc) is 3.58. The highest BCUT2D eigenvalue weighted by molar-refractivity contribution is 5.93. The summed E-state index contributed by atoms with van der Waals surface area (Å²) in [6.07, 6.45) is 10.7. The minimum absolute atomic E-state index is 0.0873. The molecular formula is C41H62O8. The van der Waals surface area contributed by atoms with Crippen molar-refractivity contribution in [3.05, 3.63) is 35.1 Å². The highest BCUT2D eigenvalue weighted by Crippen LogP contribution is 2.64. The van der Waals surface area contributed by atoms with E-state index in [1.807, 2.05) is 40.7 Å². The summed E-state index contributed by atoms with van der Waals surface area (Å²) in [6, 6.07) is 0. The van der Waals surface area contributed by atoms with Crippen LogP contribution in [0.1, 0.15) is 126 Å². The van der Waals surface area contributed by atoms with Crippen LogP contribution in [0.15, 0.2) is 35.1 Å². The Bertz CT molecular complexity index is 1390. The second kappa shape index (κ2) is 14.0. The first-order valence-corrected chi connectivity index (χ1v) is 18.9. The minimum Gasteiger partial charge on any atom is -0.488 e. The van der Waals surface area contributed by atoms with Crippen molar-refractivity contribution in [1.82, 2.24) is 0 Å². The Balaban J connectivity index is 1.75. The quantitative estimate of drug-likeness (QED) is 0.232. The van der Waals surface area contributed by atoms with Gasteiger partial charge in [0.05, 0.1) is 41.7 Å². The van der Waals surface area contributed by atoms with E-state index in [-0.39, 0.29) is 48.6 Å². The molecule has 3 fully saturated rings. The van der Waals surface area contributed by atoms with Crippen LogP contribution < -0.4 is 0 Å². The number of aliphatic hydroxyl groups excluding tert-OH is 1. The number of hydrogen-bond donors (Lipinski definition) is 2. The summed E-state index contributed by atoms with van der Waals surface area (Å²) in [5, 5.41) is 23.3. The Hall–Kier alpha value is -2.29. The molecule has 3 heterocycles. The van der Waals surface area contributed by atoms with E-state index < -0.39 is 58.1 Å². The molecule has 274 valence electrons. The summed E-state index contributed by atoms with van der Waals surface area (Å²) < 4.78 is 19.1. The van der Waals surface area contributed by atoms with Gasteiger partial charge in [-0.1, -0.05) is 51.8 Å². The molecule has 2 N–H and O–H groups in total. The maximum atomic E-state index is 14.7. The molecule has 0 amide bonds. The van der Waals surface area contributed by atoms with Crippen molar-refractivity contribution in [3.8, 4) is 0 Å². The largest absolute Gasteiger partial charge is 0.488 e. The zero-order chi connectivity index (χ0) is 36.1. The fourth-order valence-corrected chi connectivity index (χ4v) is 9.65. The number of methoxy groups -OCH3 is 1. The lowest BCUT2D eigenvalue weighted by molar-refractivity contribution is -0.162. The molecular weight excluding hydrogens is 620 g/mol. The summed E-state index contributed by atoms with van der Waals surface area (Å²) >= 11 is 0. The molecule has 5 rings (SSSR count). The third-order valence-corrected chi connectivity index (χ3v) is 13.1. The second-order valence-corrected chi connectivity index (χ2v) is 17.4. The third-order valence-electron chi connectivity index (χ3n) is 13.1. The molecule has 49 heavy (non-hydrogen) atoms. The van der Waals surface area contributed by atoms with Gasteiger partial charge in [0, 0.05) is 42.9 Å². The lowest BCUT2D eigenvalue weighted by Gasteiger charge is -2.48. The standard InChI is InChI=1S/C41H62O8/c1-24(2)28-21-32(42)27(5)12-10-11-25(3)20-34-31-22-40(8,48-34)29-15-17-38(6,46)36-16-18-39(7,49-36)35(44)14-13-26(4)19-30(29)41(31,23-33(28)43)37(45)47-9/h15,19-20,24-25,27-28,30-31,35-36,44,46H,10-14,16-18,21-23H2,1-9H3/b26-19+,29-15-,34-20+/t25-,27+,28-,30-,31+,35-,36-,38+,39+,40+,41-/m0/s1. The number of esters is 1. The van der Waals surface area contributed by atoms with Crippen molar-refractivity contribution in [3.63, 3.8) is 0 Å². The number of aliphatic hydroxyl groups is 2. The van der Waals surface area contributed by atoms with Gasteiger partial charge in [-0.2, -0.15) is 0 Å². The molecule has 0 unspecified atom stereocenters. The molecule has 0 aromatic heterocycles. The molecule has 2 aliphatic carbocycles. The van der Waals surface area contributed by atoms with E-state index in [2.05, 4.69) is 26.0 Å². The third kappa shape index (κ3) is 7.13. The molecule has 2 saturated heterocycles. The first-order chi connectivity index (χ1) is 22.9. The average molecular weight is 683 g/mol. The number of hydrogen-bond acceptors (Lipinski definition) is 8. The molecule has 0 aromatic carbocycles. The van der Waals surface area contributed by atoms with E-state index in [0.29, 0.717) is 32.1 Å². The van der Waals surface area contributed by atoms with Gasteiger partial charge in [-0.15, -0.1) is 0 Å². The molecule has 1 saturated carbocycles.